The largest absolute Gasteiger partial charge is 0.351 e. The van der Waals surface area contributed by atoms with E-state index in [1.165, 1.54) is 41.2 Å². The van der Waals surface area contributed by atoms with Gasteiger partial charge in [0.1, 0.15) is 23.7 Å². The van der Waals surface area contributed by atoms with Crippen molar-refractivity contribution < 1.29 is 22.8 Å². The first kappa shape index (κ1) is 29.7. The van der Waals surface area contributed by atoms with Crippen molar-refractivity contribution in [1.29, 1.82) is 5.26 Å². The van der Waals surface area contributed by atoms with E-state index in [0.29, 0.717) is 29.1 Å². The van der Waals surface area contributed by atoms with Crippen LogP contribution in [-0.2, 0) is 9.59 Å². The van der Waals surface area contributed by atoms with Crippen LogP contribution in [0, 0.1) is 17.1 Å². The minimum atomic E-state index is -2.78. The number of halogens is 4. The van der Waals surface area contributed by atoms with Gasteiger partial charge in [-0.1, -0.05) is 35.9 Å². The molecule has 1 saturated carbocycles. The summed E-state index contributed by atoms with van der Waals surface area (Å²) in [4.78, 5) is 34.2. The first-order chi connectivity index (χ1) is 20.2. The number of hydrogen-bond acceptors (Lipinski definition) is 6. The molecule has 1 N–H and O–H groups in total. The number of nitrogens with one attached hydrogen (secondary N) is 1. The zero-order valence-electron chi connectivity index (χ0n) is 22.4. The van der Waals surface area contributed by atoms with Gasteiger partial charge in [-0.2, -0.15) is 5.26 Å². The molecule has 0 bridgehead atoms. The number of nitriles is 1. The molecule has 218 valence electrons. The van der Waals surface area contributed by atoms with E-state index in [1.54, 1.807) is 40.7 Å². The number of aromatic nitrogens is 1. The molecule has 5 rings (SSSR count). The van der Waals surface area contributed by atoms with E-state index in [9.17, 15) is 28.0 Å². The Kier molecular flexibility index (Phi) is 8.94. The van der Waals surface area contributed by atoms with Crippen LogP contribution in [-0.4, -0.2) is 40.6 Å². The number of benzene rings is 2. The van der Waals surface area contributed by atoms with Crippen LogP contribution in [0.2, 0.25) is 5.02 Å². The molecule has 0 spiro atoms. The molecule has 1 aromatic heterocycles. The molecule has 3 aromatic rings. The van der Waals surface area contributed by atoms with Crippen molar-refractivity contribution in [2.24, 2.45) is 0 Å². The van der Waals surface area contributed by atoms with Crippen LogP contribution in [0.25, 0.3) is 0 Å². The molecule has 2 amide bonds. The van der Waals surface area contributed by atoms with Gasteiger partial charge in [0.25, 0.3) is 5.91 Å². The summed E-state index contributed by atoms with van der Waals surface area (Å²) < 4.78 is 44.0. The Morgan fingerprint density at radius 3 is 2.60 bits per heavy atom. The second-order valence-electron chi connectivity index (χ2n) is 10.2. The van der Waals surface area contributed by atoms with E-state index in [2.05, 4.69) is 16.4 Å². The number of hydrogen-bond donors (Lipinski definition) is 1. The lowest BCUT2D eigenvalue weighted by Crippen LogP contribution is -2.52. The zero-order valence-corrected chi connectivity index (χ0v) is 23.9. The van der Waals surface area contributed by atoms with Crippen molar-refractivity contribution in [3.63, 3.8) is 0 Å². The minimum Gasteiger partial charge on any atom is -0.351 e. The fraction of sp³-hybridized carbons (Fsp3) is 0.333. The summed E-state index contributed by atoms with van der Waals surface area (Å²) in [6, 6.07) is 14.4. The second-order valence-corrected chi connectivity index (χ2v) is 11.7. The summed E-state index contributed by atoms with van der Waals surface area (Å²) in [5.74, 6) is -3.56. The number of alkyl halides is 2. The van der Waals surface area contributed by atoms with Crippen LogP contribution in [0.5, 0.6) is 0 Å². The molecule has 12 heteroatoms. The molecule has 1 aliphatic carbocycles. The number of carbonyl (C=O) groups excluding carboxylic acids is 2. The molecule has 0 radical (unpaired) electrons. The molecule has 2 heterocycles. The predicted molar refractivity (Wildman–Crippen MR) is 156 cm³/mol. The SMILES string of the molecule is N#Cc1ccnc(N2SCC[C@H]2C(=O)N(c2cccc(F)c2)[C@@H](C(=O)NC2CCC(F)(F)CC2)c2ccccc2Cl)c1. The van der Waals surface area contributed by atoms with Crippen LogP contribution >= 0.6 is 23.5 Å². The average Bonchev–Trinajstić information content (AvgIpc) is 3.47. The third-order valence-corrected chi connectivity index (χ3v) is 8.87. The van der Waals surface area contributed by atoms with Gasteiger partial charge in [-0.05, 0) is 67.6 Å². The lowest BCUT2D eigenvalue weighted by atomic mass is 9.91. The summed E-state index contributed by atoms with van der Waals surface area (Å²) in [6.07, 6.45) is 1.31. The first-order valence-corrected chi connectivity index (χ1v) is 14.8. The maximum absolute atomic E-state index is 14.6. The molecule has 1 saturated heterocycles. The summed E-state index contributed by atoms with van der Waals surface area (Å²) in [6.45, 7) is 0. The van der Waals surface area contributed by atoms with Gasteiger partial charge in [-0.15, -0.1) is 0 Å². The molecule has 1 aliphatic heterocycles. The van der Waals surface area contributed by atoms with Crippen LogP contribution < -0.4 is 14.5 Å². The molecular weight excluding hydrogens is 587 g/mol. The van der Waals surface area contributed by atoms with Crippen molar-refractivity contribution in [3.8, 4) is 6.07 Å². The molecule has 2 aromatic carbocycles. The Labute approximate surface area is 250 Å². The smallest absolute Gasteiger partial charge is 0.251 e. The van der Waals surface area contributed by atoms with Crippen molar-refractivity contribution in [2.45, 2.75) is 56.2 Å². The zero-order chi connectivity index (χ0) is 29.9. The molecule has 2 atom stereocenters. The Morgan fingerprint density at radius 1 is 1.12 bits per heavy atom. The second kappa shape index (κ2) is 12.6. The van der Waals surface area contributed by atoms with Gasteiger partial charge in [0.2, 0.25) is 11.8 Å². The summed E-state index contributed by atoms with van der Waals surface area (Å²) in [5.41, 5.74) is 0.801. The predicted octanol–water partition coefficient (Wildman–Crippen LogP) is 6.44. The maximum atomic E-state index is 14.6. The fourth-order valence-electron chi connectivity index (χ4n) is 5.28. The third-order valence-electron chi connectivity index (χ3n) is 7.38. The average molecular weight is 614 g/mol. The van der Waals surface area contributed by atoms with E-state index in [-0.39, 0.29) is 36.4 Å². The Bertz CT molecular complexity index is 1510. The standard InChI is InChI=1S/C30H27ClF3N5O2S/c31-24-7-2-1-6-23(24)27(28(40)37-21-8-12-30(33,34)13-9-21)38(22-5-3-4-20(32)17-22)29(41)25-11-15-42-39(25)26-16-19(18-35)10-14-36-26/h1-7,10,14,16-17,21,25,27H,8-9,11-13,15H2,(H,37,40)/t25-,27+/m0/s1. The van der Waals surface area contributed by atoms with Crippen molar-refractivity contribution in [1.82, 2.24) is 10.3 Å². The van der Waals surface area contributed by atoms with E-state index >= 15 is 0 Å². The third kappa shape index (κ3) is 6.50. The fourth-order valence-corrected chi connectivity index (χ4v) is 6.65. The lowest BCUT2D eigenvalue weighted by Gasteiger charge is -2.37. The van der Waals surface area contributed by atoms with E-state index in [1.807, 2.05) is 0 Å². The highest BCUT2D eigenvalue weighted by Gasteiger charge is 2.43. The molecule has 7 nitrogen and oxygen atoms in total. The van der Waals surface area contributed by atoms with E-state index < -0.39 is 41.7 Å². The Balaban J connectivity index is 1.57. The van der Waals surface area contributed by atoms with Crippen molar-refractivity contribution >= 4 is 46.9 Å². The van der Waals surface area contributed by atoms with Gasteiger partial charge in [-0.3, -0.25) is 18.8 Å². The monoisotopic (exact) mass is 613 g/mol. The van der Waals surface area contributed by atoms with Crippen LogP contribution in [0.3, 0.4) is 0 Å². The lowest BCUT2D eigenvalue weighted by molar-refractivity contribution is -0.128. The van der Waals surface area contributed by atoms with Gasteiger partial charge in [0.15, 0.2) is 0 Å². The maximum Gasteiger partial charge on any atom is 0.251 e. The van der Waals surface area contributed by atoms with Gasteiger partial charge in [-0.25, -0.2) is 18.2 Å². The summed E-state index contributed by atoms with van der Waals surface area (Å²) >= 11 is 7.94. The topological polar surface area (TPSA) is 89.3 Å². The highest BCUT2D eigenvalue weighted by Crippen LogP contribution is 2.39. The van der Waals surface area contributed by atoms with Crippen molar-refractivity contribution in [3.05, 3.63) is 88.8 Å². The number of rotatable bonds is 7. The molecule has 2 fully saturated rings. The summed E-state index contributed by atoms with van der Waals surface area (Å²) in [5, 5.41) is 12.5. The van der Waals surface area contributed by atoms with Crippen LogP contribution in [0.15, 0.2) is 66.9 Å². The van der Waals surface area contributed by atoms with Gasteiger partial charge in [0.05, 0.1) is 11.6 Å². The van der Waals surface area contributed by atoms with Gasteiger partial charge in [0, 0.05) is 47.1 Å². The van der Waals surface area contributed by atoms with Gasteiger partial charge >= 0.3 is 0 Å². The van der Waals surface area contributed by atoms with Crippen LogP contribution in [0.4, 0.5) is 24.7 Å². The highest BCUT2D eigenvalue weighted by molar-refractivity contribution is 8.01. The van der Waals surface area contributed by atoms with Crippen LogP contribution in [0.1, 0.15) is 49.3 Å². The normalized spacial score (nSPS) is 19.1. The summed E-state index contributed by atoms with van der Waals surface area (Å²) in [7, 11) is 0. The molecule has 0 unspecified atom stereocenters. The highest BCUT2D eigenvalue weighted by atomic mass is 35.5. The number of anilines is 2. The number of pyridine rings is 1. The number of carbonyl (C=O) groups is 2. The van der Waals surface area contributed by atoms with E-state index in [4.69, 9.17) is 11.6 Å². The van der Waals surface area contributed by atoms with E-state index in [0.717, 1.165) is 6.07 Å². The molecular formula is C30H27ClF3N5O2S. The number of amides is 2. The number of nitrogens with zero attached hydrogens (tertiary/aromatic N) is 4. The molecule has 42 heavy (non-hydrogen) atoms. The van der Waals surface area contributed by atoms with Gasteiger partial charge < -0.3 is 5.32 Å². The van der Waals surface area contributed by atoms with Crippen molar-refractivity contribution in [2.75, 3.05) is 15.0 Å². The minimum absolute atomic E-state index is 0.0792. The Hall–Kier alpha value is -3.75. The molecule has 2 aliphatic rings. The first-order valence-electron chi connectivity index (χ1n) is 13.5. The quantitative estimate of drug-likeness (QED) is 0.309. The Morgan fingerprint density at radius 2 is 1.88 bits per heavy atom.